The van der Waals surface area contributed by atoms with Crippen LogP contribution in [0.1, 0.15) is 64.2 Å². The molecule has 3 nitrogen and oxygen atoms in total. The fourth-order valence-corrected chi connectivity index (χ4v) is 3.65. The van der Waals surface area contributed by atoms with E-state index in [1.165, 1.54) is 19.3 Å². The lowest BCUT2D eigenvalue weighted by Crippen LogP contribution is -2.46. The molecular weight excluding hydrogens is 274 g/mol. The molecule has 1 amide bonds. The first-order chi connectivity index (χ1) is 10.0. The van der Waals surface area contributed by atoms with Crippen molar-refractivity contribution in [3.05, 3.63) is 0 Å². The maximum absolute atomic E-state index is 13.3. The third-order valence-corrected chi connectivity index (χ3v) is 4.97. The number of hydrogen-bond donors (Lipinski definition) is 1. The molecule has 0 aliphatic heterocycles. The monoisotopic (exact) mass is 302 g/mol. The predicted octanol–water partition coefficient (Wildman–Crippen LogP) is 3.32. The summed E-state index contributed by atoms with van der Waals surface area (Å²) in [6.45, 7) is 1.26. The molecule has 0 saturated heterocycles. The van der Waals surface area contributed by atoms with Gasteiger partial charge in [0.1, 0.15) is 0 Å². The molecule has 0 atom stereocenters. The van der Waals surface area contributed by atoms with E-state index in [1.807, 2.05) is 4.90 Å². The minimum absolute atomic E-state index is 0.103. The Morgan fingerprint density at radius 2 is 1.71 bits per heavy atom. The number of carbonyl (C=O) groups is 1. The van der Waals surface area contributed by atoms with Gasteiger partial charge in [-0.05, 0) is 38.6 Å². The Morgan fingerprint density at radius 3 is 2.29 bits per heavy atom. The van der Waals surface area contributed by atoms with Crippen LogP contribution >= 0.6 is 0 Å². The van der Waals surface area contributed by atoms with Gasteiger partial charge in [0.2, 0.25) is 11.8 Å². The standard InChI is InChI=1S/C16H28F2N2O/c17-16(18)9-7-13(8-10-16)15(21)20(12-4-11-19)14-5-2-1-3-6-14/h13-14H,1-12,19H2. The molecule has 0 spiro atoms. The summed E-state index contributed by atoms with van der Waals surface area (Å²) < 4.78 is 26.5. The molecule has 5 heteroatoms. The number of alkyl halides is 2. The summed E-state index contributed by atoms with van der Waals surface area (Å²) in [4.78, 5) is 14.7. The smallest absolute Gasteiger partial charge is 0.248 e. The van der Waals surface area contributed by atoms with Crippen molar-refractivity contribution in [3.63, 3.8) is 0 Å². The van der Waals surface area contributed by atoms with E-state index in [0.717, 1.165) is 19.3 Å². The highest BCUT2D eigenvalue weighted by molar-refractivity contribution is 5.79. The largest absolute Gasteiger partial charge is 0.339 e. The fraction of sp³-hybridized carbons (Fsp3) is 0.938. The molecule has 0 bridgehead atoms. The Labute approximate surface area is 126 Å². The second kappa shape index (κ2) is 7.52. The molecule has 2 aliphatic rings. The summed E-state index contributed by atoms with van der Waals surface area (Å²) in [5.41, 5.74) is 5.58. The molecule has 0 aromatic carbocycles. The van der Waals surface area contributed by atoms with Crippen molar-refractivity contribution in [2.45, 2.75) is 76.2 Å². The van der Waals surface area contributed by atoms with Crippen LogP contribution in [0.3, 0.4) is 0 Å². The van der Waals surface area contributed by atoms with Crippen LogP contribution in [-0.2, 0) is 4.79 Å². The predicted molar refractivity (Wildman–Crippen MR) is 79.2 cm³/mol. The molecule has 2 fully saturated rings. The van der Waals surface area contributed by atoms with Crippen molar-refractivity contribution in [1.82, 2.24) is 4.90 Å². The maximum Gasteiger partial charge on any atom is 0.248 e. The van der Waals surface area contributed by atoms with E-state index in [-0.39, 0.29) is 24.7 Å². The van der Waals surface area contributed by atoms with Crippen LogP contribution < -0.4 is 5.73 Å². The molecule has 0 heterocycles. The van der Waals surface area contributed by atoms with Crippen LogP contribution in [0.5, 0.6) is 0 Å². The first kappa shape index (κ1) is 16.7. The summed E-state index contributed by atoms with van der Waals surface area (Å²) in [5.74, 6) is -2.67. The molecule has 2 rings (SSSR count). The quantitative estimate of drug-likeness (QED) is 0.847. The van der Waals surface area contributed by atoms with Crippen LogP contribution in [0.4, 0.5) is 8.78 Å². The molecule has 0 unspecified atom stereocenters. The van der Waals surface area contributed by atoms with Gasteiger partial charge in [0.15, 0.2) is 0 Å². The number of amides is 1. The number of nitrogens with zero attached hydrogens (tertiary/aromatic N) is 1. The van der Waals surface area contributed by atoms with Gasteiger partial charge in [-0.15, -0.1) is 0 Å². The first-order valence-electron chi connectivity index (χ1n) is 8.42. The summed E-state index contributed by atoms with van der Waals surface area (Å²) in [6, 6.07) is 0.306. The van der Waals surface area contributed by atoms with Crippen molar-refractivity contribution in [2.75, 3.05) is 13.1 Å². The number of halogens is 2. The molecule has 0 aromatic rings. The van der Waals surface area contributed by atoms with Gasteiger partial charge in [0, 0.05) is 31.3 Å². The molecule has 2 saturated carbocycles. The molecule has 0 aromatic heterocycles. The average Bonchev–Trinajstić information content (AvgIpc) is 2.48. The lowest BCUT2D eigenvalue weighted by atomic mass is 9.84. The summed E-state index contributed by atoms with van der Waals surface area (Å²) >= 11 is 0. The van der Waals surface area contributed by atoms with Crippen molar-refractivity contribution in [2.24, 2.45) is 11.7 Å². The third-order valence-electron chi connectivity index (χ3n) is 4.97. The SMILES string of the molecule is NCCCN(C(=O)C1CCC(F)(F)CC1)C1CCCCC1. The van der Waals surface area contributed by atoms with E-state index in [9.17, 15) is 13.6 Å². The van der Waals surface area contributed by atoms with Crippen LogP contribution in [0.15, 0.2) is 0 Å². The second-order valence-electron chi connectivity index (χ2n) is 6.60. The number of carbonyl (C=O) groups excluding carboxylic acids is 1. The van der Waals surface area contributed by atoms with Gasteiger partial charge >= 0.3 is 0 Å². The van der Waals surface area contributed by atoms with Crippen molar-refractivity contribution >= 4 is 5.91 Å². The first-order valence-corrected chi connectivity index (χ1v) is 8.42. The van der Waals surface area contributed by atoms with Gasteiger partial charge in [-0.25, -0.2) is 8.78 Å². The van der Waals surface area contributed by atoms with Gasteiger partial charge in [-0.3, -0.25) is 4.79 Å². The molecule has 2 N–H and O–H groups in total. The van der Waals surface area contributed by atoms with Gasteiger partial charge in [0.25, 0.3) is 0 Å². The van der Waals surface area contributed by atoms with Crippen molar-refractivity contribution in [1.29, 1.82) is 0 Å². The summed E-state index contributed by atoms with van der Waals surface area (Å²) in [5, 5.41) is 0. The summed E-state index contributed by atoms with van der Waals surface area (Å²) in [6.07, 6.45) is 6.86. The van der Waals surface area contributed by atoms with E-state index in [1.54, 1.807) is 0 Å². The molecule has 122 valence electrons. The normalized spacial score (nSPS) is 24.0. The van der Waals surface area contributed by atoms with Crippen molar-refractivity contribution < 1.29 is 13.6 Å². The highest BCUT2D eigenvalue weighted by atomic mass is 19.3. The Hall–Kier alpha value is -0.710. The Bertz CT molecular complexity index is 333. The van der Waals surface area contributed by atoms with E-state index >= 15 is 0 Å². The van der Waals surface area contributed by atoms with Gasteiger partial charge < -0.3 is 10.6 Å². The topological polar surface area (TPSA) is 46.3 Å². The average molecular weight is 302 g/mol. The number of nitrogens with two attached hydrogens (primary N) is 1. The van der Waals surface area contributed by atoms with Gasteiger partial charge in [-0.1, -0.05) is 19.3 Å². The number of hydrogen-bond acceptors (Lipinski definition) is 2. The van der Waals surface area contributed by atoms with Crippen LogP contribution in [-0.4, -0.2) is 35.9 Å². The second-order valence-corrected chi connectivity index (χ2v) is 6.60. The minimum atomic E-state index is -2.57. The summed E-state index contributed by atoms with van der Waals surface area (Å²) in [7, 11) is 0. The highest BCUT2D eigenvalue weighted by Crippen LogP contribution is 2.37. The van der Waals surface area contributed by atoms with E-state index in [2.05, 4.69) is 0 Å². The molecule has 0 radical (unpaired) electrons. The zero-order valence-electron chi connectivity index (χ0n) is 12.8. The van der Waals surface area contributed by atoms with E-state index in [4.69, 9.17) is 5.73 Å². The van der Waals surface area contributed by atoms with Crippen LogP contribution in [0.2, 0.25) is 0 Å². The van der Waals surface area contributed by atoms with Crippen LogP contribution in [0.25, 0.3) is 0 Å². The molecule has 2 aliphatic carbocycles. The van der Waals surface area contributed by atoms with Gasteiger partial charge in [-0.2, -0.15) is 0 Å². The Morgan fingerprint density at radius 1 is 1.10 bits per heavy atom. The third kappa shape index (κ3) is 4.63. The zero-order valence-corrected chi connectivity index (χ0v) is 12.8. The fourth-order valence-electron chi connectivity index (χ4n) is 3.65. The molecule has 21 heavy (non-hydrogen) atoms. The highest BCUT2D eigenvalue weighted by Gasteiger charge is 2.39. The minimum Gasteiger partial charge on any atom is -0.339 e. The number of rotatable bonds is 5. The van der Waals surface area contributed by atoms with E-state index < -0.39 is 5.92 Å². The zero-order chi connectivity index (χ0) is 15.3. The Kier molecular flexibility index (Phi) is 5.97. The lowest BCUT2D eigenvalue weighted by Gasteiger charge is -2.38. The van der Waals surface area contributed by atoms with E-state index in [0.29, 0.717) is 32.0 Å². The van der Waals surface area contributed by atoms with Gasteiger partial charge in [0.05, 0.1) is 0 Å². The van der Waals surface area contributed by atoms with Crippen molar-refractivity contribution in [3.8, 4) is 0 Å². The van der Waals surface area contributed by atoms with Crippen LogP contribution in [0, 0.1) is 5.92 Å². The Balaban J connectivity index is 1.96. The lowest BCUT2D eigenvalue weighted by molar-refractivity contribution is -0.142. The molecular formula is C16H28F2N2O. The maximum atomic E-state index is 13.3.